The number of amides is 1. The van der Waals surface area contributed by atoms with E-state index in [1.165, 1.54) is 16.2 Å². The number of nitrogens with zero attached hydrogens (tertiary/aromatic N) is 2. The van der Waals surface area contributed by atoms with E-state index in [1.54, 1.807) is 24.3 Å². The number of halogens is 1. The van der Waals surface area contributed by atoms with Gasteiger partial charge in [0.2, 0.25) is 5.91 Å². The van der Waals surface area contributed by atoms with Crippen LogP contribution < -0.4 is 4.74 Å². The van der Waals surface area contributed by atoms with Crippen LogP contribution in [0.5, 0.6) is 5.75 Å². The summed E-state index contributed by atoms with van der Waals surface area (Å²) in [5, 5.41) is 12.4. The minimum atomic E-state index is -0.943. The number of rotatable bonds is 6. The van der Waals surface area contributed by atoms with Gasteiger partial charge in [-0.05, 0) is 37.1 Å². The number of thiazole rings is 1. The quantitative estimate of drug-likeness (QED) is 0.833. The molecule has 132 valence electrons. The first-order valence-corrected chi connectivity index (χ1v) is 9.12. The first-order valence-electron chi connectivity index (χ1n) is 7.87. The van der Waals surface area contributed by atoms with E-state index in [0.717, 1.165) is 11.4 Å². The van der Waals surface area contributed by atoms with Crippen LogP contribution in [0.3, 0.4) is 0 Å². The molecule has 0 unspecified atom stereocenters. The lowest BCUT2D eigenvalue weighted by Crippen LogP contribution is -2.41. The zero-order valence-corrected chi connectivity index (χ0v) is 14.9. The number of hydrogen-bond donors (Lipinski definition) is 1. The van der Waals surface area contributed by atoms with Gasteiger partial charge in [-0.2, -0.15) is 0 Å². The van der Waals surface area contributed by atoms with Gasteiger partial charge >= 0.3 is 5.97 Å². The Bertz CT molecular complexity index is 762. The molecular formula is C17H17ClN2O4S. The Morgan fingerprint density at radius 3 is 2.84 bits per heavy atom. The molecule has 0 saturated carbocycles. The first-order chi connectivity index (χ1) is 12.0. The second-order valence-corrected chi connectivity index (χ2v) is 7.11. The van der Waals surface area contributed by atoms with Crippen molar-refractivity contribution in [2.45, 2.75) is 31.9 Å². The molecule has 1 atom stereocenters. The predicted octanol–water partition coefficient (Wildman–Crippen LogP) is 2.99. The number of carboxylic acids is 1. The molecule has 1 N–H and O–H groups in total. The van der Waals surface area contributed by atoms with Crippen LogP contribution in [0.2, 0.25) is 5.02 Å². The number of hydrogen-bond acceptors (Lipinski definition) is 5. The zero-order chi connectivity index (χ0) is 17.8. The Morgan fingerprint density at radius 2 is 2.12 bits per heavy atom. The number of aromatic nitrogens is 1. The highest BCUT2D eigenvalue weighted by Crippen LogP contribution is 2.21. The summed E-state index contributed by atoms with van der Waals surface area (Å²) in [5.74, 6) is -0.444. The third kappa shape index (κ3) is 4.49. The van der Waals surface area contributed by atoms with Gasteiger partial charge in [-0.1, -0.05) is 11.6 Å². The third-order valence-corrected chi connectivity index (χ3v) is 5.09. The van der Waals surface area contributed by atoms with E-state index < -0.39 is 12.0 Å². The lowest BCUT2D eigenvalue weighted by molar-refractivity contribution is -0.148. The number of carbonyl (C=O) groups excluding carboxylic acids is 1. The molecule has 3 rings (SSSR count). The summed E-state index contributed by atoms with van der Waals surface area (Å²) in [6.07, 6.45) is 1.35. The van der Waals surface area contributed by atoms with Gasteiger partial charge in [-0.15, -0.1) is 11.3 Å². The molecule has 1 aromatic heterocycles. The van der Waals surface area contributed by atoms with Crippen LogP contribution in [-0.2, 0) is 22.6 Å². The molecule has 25 heavy (non-hydrogen) atoms. The van der Waals surface area contributed by atoms with E-state index in [2.05, 4.69) is 4.98 Å². The van der Waals surface area contributed by atoms with E-state index in [9.17, 15) is 9.59 Å². The van der Waals surface area contributed by atoms with Gasteiger partial charge in [0.05, 0.1) is 12.1 Å². The van der Waals surface area contributed by atoms with E-state index in [0.29, 0.717) is 36.0 Å². The fourth-order valence-corrected chi connectivity index (χ4v) is 3.58. The number of benzene rings is 1. The van der Waals surface area contributed by atoms with E-state index in [1.807, 2.05) is 5.38 Å². The van der Waals surface area contributed by atoms with Crippen molar-refractivity contribution in [3.05, 3.63) is 45.4 Å². The number of likely N-dealkylation sites (tertiary alicyclic amines) is 1. The molecule has 2 aromatic rings. The van der Waals surface area contributed by atoms with Gasteiger partial charge in [0.15, 0.2) is 0 Å². The van der Waals surface area contributed by atoms with Crippen molar-refractivity contribution in [2.75, 3.05) is 6.54 Å². The summed E-state index contributed by atoms with van der Waals surface area (Å²) < 4.78 is 5.63. The molecule has 2 heterocycles. The topological polar surface area (TPSA) is 79.7 Å². The minimum absolute atomic E-state index is 0.112. The highest BCUT2D eigenvalue weighted by atomic mass is 35.5. The lowest BCUT2D eigenvalue weighted by Gasteiger charge is -2.20. The molecular weight excluding hydrogens is 364 g/mol. The summed E-state index contributed by atoms with van der Waals surface area (Å²) >= 11 is 7.24. The van der Waals surface area contributed by atoms with Gasteiger partial charge in [-0.3, -0.25) is 4.79 Å². The van der Waals surface area contributed by atoms with E-state index in [4.69, 9.17) is 21.4 Å². The van der Waals surface area contributed by atoms with Crippen molar-refractivity contribution >= 4 is 34.8 Å². The van der Waals surface area contributed by atoms with Crippen LogP contribution >= 0.6 is 22.9 Å². The molecule has 6 nitrogen and oxygen atoms in total. The highest BCUT2D eigenvalue weighted by Gasteiger charge is 2.33. The maximum Gasteiger partial charge on any atom is 0.326 e. The van der Waals surface area contributed by atoms with Crippen LogP contribution in [-0.4, -0.2) is 39.5 Å². The van der Waals surface area contributed by atoms with Crippen molar-refractivity contribution in [3.8, 4) is 5.75 Å². The Balaban J connectivity index is 1.55. The first kappa shape index (κ1) is 17.7. The summed E-state index contributed by atoms with van der Waals surface area (Å²) in [6.45, 7) is 0.800. The molecule has 0 spiro atoms. The fraction of sp³-hybridized carbons (Fsp3) is 0.353. The van der Waals surface area contributed by atoms with Crippen LogP contribution in [0, 0.1) is 0 Å². The predicted molar refractivity (Wildman–Crippen MR) is 94.0 cm³/mol. The monoisotopic (exact) mass is 380 g/mol. The number of carbonyl (C=O) groups is 2. The number of carboxylic acid groups (broad SMARTS) is 1. The molecule has 8 heteroatoms. The molecule has 0 bridgehead atoms. The maximum absolute atomic E-state index is 12.3. The minimum Gasteiger partial charge on any atom is -0.486 e. The number of ether oxygens (including phenoxy) is 1. The zero-order valence-electron chi connectivity index (χ0n) is 13.4. The smallest absolute Gasteiger partial charge is 0.326 e. The summed E-state index contributed by atoms with van der Waals surface area (Å²) in [5.41, 5.74) is 0.640. The normalized spacial score (nSPS) is 16.8. The van der Waals surface area contributed by atoms with Crippen LogP contribution in [0.4, 0.5) is 0 Å². The molecule has 0 aliphatic carbocycles. The van der Waals surface area contributed by atoms with Gasteiger partial charge < -0.3 is 14.7 Å². The average Bonchev–Trinajstić information content (AvgIpc) is 3.23. The van der Waals surface area contributed by atoms with Crippen LogP contribution in [0.1, 0.15) is 23.5 Å². The Labute approximate surface area is 154 Å². The summed E-state index contributed by atoms with van der Waals surface area (Å²) in [7, 11) is 0. The van der Waals surface area contributed by atoms with Crippen molar-refractivity contribution in [3.63, 3.8) is 0 Å². The Hall–Kier alpha value is -2.12. The molecule has 1 aliphatic rings. The third-order valence-electron chi connectivity index (χ3n) is 3.97. The van der Waals surface area contributed by atoms with Crippen molar-refractivity contribution in [1.29, 1.82) is 0 Å². The number of aliphatic carboxylic acids is 1. The largest absolute Gasteiger partial charge is 0.486 e. The van der Waals surface area contributed by atoms with Crippen LogP contribution in [0.15, 0.2) is 29.6 Å². The van der Waals surface area contributed by atoms with Crippen molar-refractivity contribution in [1.82, 2.24) is 9.88 Å². The van der Waals surface area contributed by atoms with Gasteiger partial charge in [0, 0.05) is 16.9 Å². The lowest BCUT2D eigenvalue weighted by atomic mass is 10.2. The molecule has 0 radical (unpaired) electrons. The summed E-state index contributed by atoms with van der Waals surface area (Å²) in [6, 6.07) is 6.34. The van der Waals surface area contributed by atoms with Gasteiger partial charge in [-0.25, -0.2) is 9.78 Å². The van der Waals surface area contributed by atoms with Gasteiger partial charge in [0.25, 0.3) is 0 Å². The fourth-order valence-electron chi connectivity index (χ4n) is 2.75. The summed E-state index contributed by atoms with van der Waals surface area (Å²) in [4.78, 5) is 29.3. The van der Waals surface area contributed by atoms with E-state index in [-0.39, 0.29) is 12.3 Å². The molecule has 1 saturated heterocycles. The second-order valence-electron chi connectivity index (χ2n) is 5.74. The standard InChI is InChI=1S/C17H17ClN2O4S/c18-11-3-5-13(6-4-11)24-9-15-19-12(10-25-15)8-16(21)20-7-1-2-14(20)17(22)23/h3-6,10,14H,1-2,7-9H2,(H,22,23)/t14-/m1/s1. The Kier molecular flexibility index (Phi) is 5.55. The molecule has 1 fully saturated rings. The van der Waals surface area contributed by atoms with Crippen molar-refractivity contribution in [2.24, 2.45) is 0 Å². The molecule has 1 aromatic carbocycles. The Morgan fingerprint density at radius 1 is 1.36 bits per heavy atom. The maximum atomic E-state index is 12.3. The van der Waals surface area contributed by atoms with Crippen molar-refractivity contribution < 1.29 is 19.4 Å². The van der Waals surface area contributed by atoms with Gasteiger partial charge in [0.1, 0.15) is 23.4 Å². The SMILES string of the molecule is O=C(O)[C@H]1CCCN1C(=O)Cc1csc(COc2ccc(Cl)cc2)n1. The molecule has 1 aliphatic heterocycles. The second kappa shape index (κ2) is 7.84. The van der Waals surface area contributed by atoms with E-state index >= 15 is 0 Å². The highest BCUT2D eigenvalue weighted by molar-refractivity contribution is 7.09. The average molecular weight is 381 g/mol. The molecule has 1 amide bonds. The van der Waals surface area contributed by atoms with Crippen LogP contribution in [0.25, 0.3) is 0 Å².